The van der Waals surface area contributed by atoms with Crippen LogP contribution in [-0.2, 0) is 0 Å². The maximum atomic E-state index is 13.8. The number of aryl methyl sites for hydroxylation is 1. The Morgan fingerprint density at radius 1 is 1.22 bits per heavy atom. The number of hydrogen-bond acceptors (Lipinski definition) is 7. The molecule has 3 aromatic heterocycles. The predicted molar refractivity (Wildman–Crippen MR) is 132 cm³/mol. The second-order valence-electron chi connectivity index (χ2n) is 8.40. The van der Waals surface area contributed by atoms with Gasteiger partial charge in [0.1, 0.15) is 29.3 Å². The number of amides is 1. The van der Waals surface area contributed by atoms with E-state index in [0.717, 1.165) is 5.56 Å². The molecule has 9 nitrogen and oxygen atoms in total. The first-order valence-corrected chi connectivity index (χ1v) is 11.3. The molecule has 1 aromatic carbocycles. The summed E-state index contributed by atoms with van der Waals surface area (Å²) in [6.45, 7) is 3.61. The van der Waals surface area contributed by atoms with Crippen LogP contribution in [0.3, 0.4) is 0 Å². The highest BCUT2D eigenvalue weighted by molar-refractivity contribution is 6.32. The molecule has 0 saturated heterocycles. The summed E-state index contributed by atoms with van der Waals surface area (Å²) in [6, 6.07) is 4.60. The van der Waals surface area contributed by atoms with Crippen LogP contribution in [0.4, 0.5) is 14.6 Å². The Bertz CT molecular complexity index is 1470. The van der Waals surface area contributed by atoms with E-state index in [1.54, 1.807) is 39.3 Å². The smallest absolute Gasteiger partial charge is 0.282 e. The summed E-state index contributed by atoms with van der Waals surface area (Å²) in [5.41, 5.74) is 8.25. The number of anilines is 1. The molecule has 1 atom stereocenters. The van der Waals surface area contributed by atoms with Gasteiger partial charge in [-0.25, -0.2) is 23.4 Å². The Morgan fingerprint density at radius 3 is 2.58 bits per heavy atom. The lowest BCUT2D eigenvalue weighted by atomic mass is 9.96. The molecule has 1 amide bonds. The van der Waals surface area contributed by atoms with Gasteiger partial charge in [-0.15, -0.1) is 0 Å². The Kier molecular flexibility index (Phi) is 6.77. The van der Waals surface area contributed by atoms with Gasteiger partial charge in [-0.3, -0.25) is 9.78 Å². The molecule has 2 N–H and O–H groups in total. The number of ether oxygens (including phenoxy) is 1. The van der Waals surface area contributed by atoms with Gasteiger partial charge in [0.25, 0.3) is 12.3 Å². The van der Waals surface area contributed by atoms with E-state index in [9.17, 15) is 13.6 Å². The van der Waals surface area contributed by atoms with Gasteiger partial charge in [-0.1, -0.05) is 17.7 Å². The van der Waals surface area contributed by atoms with Crippen molar-refractivity contribution in [3.63, 3.8) is 0 Å². The van der Waals surface area contributed by atoms with E-state index in [2.05, 4.69) is 20.1 Å². The minimum atomic E-state index is -2.90. The van der Waals surface area contributed by atoms with Crippen molar-refractivity contribution < 1.29 is 18.3 Å². The fourth-order valence-electron chi connectivity index (χ4n) is 4.12. The summed E-state index contributed by atoms with van der Waals surface area (Å²) in [4.78, 5) is 26.9. The van der Waals surface area contributed by atoms with Crippen molar-refractivity contribution in [3.05, 3.63) is 58.3 Å². The highest BCUT2D eigenvalue weighted by atomic mass is 35.5. The van der Waals surface area contributed by atoms with Gasteiger partial charge >= 0.3 is 0 Å². The van der Waals surface area contributed by atoms with Crippen LogP contribution in [0.15, 0.2) is 30.7 Å². The van der Waals surface area contributed by atoms with Gasteiger partial charge in [0, 0.05) is 37.0 Å². The van der Waals surface area contributed by atoms with Crippen molar-refractivity contribution in [1.82, 2.24) is 29.6 Å². The standard InChI is InChI=1S/C24H24ClF2N7O2/c1-11-6-7-15(25)20(36-5)16(11)13-8-14(18(29-9-13)24(35)33(3)4)12(2)34-23-17(19(32-34)21(26)27)22(28)30-10-31-23/h6-10,12,21H,1-5H3,(H2,28,30,31). The number of hydrogen-bond donors (Lipinski definition) is 1. The first-order valence-electron chi connectivity index (χ1n) is 10.9. The Labute approximate surface area is 210 Å². The SMILES string of the molecule is COc1c(Cl)ccc(C)c1-c1cnc(C(=O)N(C)C)c(C(C)n2nc(C(F)F)c3c(N)ncnc32)c1. The lowest BCUT2D eigenvalue weighted by molar-refractivity contribution is 0.0820. The summed E-state index contributed by atoms with van der Waals surface area (Å²) in [5.74, 6) is -0.0174. The van der Waals surface area contributed by atoms with Crippen LogP contribution in [0.25, 0.3) is 22.2 Å². The zero-order valence-corrected chi connectivity index (χ0v) is 21.0. The third kappa shape index (κ3) is 4.19. The molecule has 0 bridgehead atoms. The van der Waals surface area contributed by atoms with E-state index in [4.69, 9.17) is 22.1 Å². The molecule has 1 unspecified atom stereocenters. The molecule has 0 aliphatic carbocycles. The fourth-order valence-corrected chi connectivity index (χ4v) is 4.35. The molecule has 0 aliphatic heterocycles. The number of carbonyl (C=O) groups is 1. The van der Waals surface area contributed by atoms with Crippen LogP contribution in [0, 0.1) is 6.92 Å². The highest BCUT2D eigenvalue weighted by Crippen LogP contribution is 2.40. The van der Waals surface area contributed by atoms with Crippen LogP contribution < -0.4 is 10.5 Å². The number of alkyl halides is 2. The molecular formula is C24H24ClF2N7O2. The average Bonchev–Trinajstić information content (AvgIpc) is 3.25. The average molecular weight is 516 g/mol. The molecule has 0 spiro atoms. The molecule has 0 fully saturated rings. The maximum Gasteiger partial charge on any atom is 0.282 e. The van der Waals surface area contributed by atoms with Crippen LogP contribution in [-0.4, -0.2) is 56.7 Å². The summed E-state index contributed by atoms with van der Waals surface area (Å²) in [5, 5.41) is 4.50. The Balaban J connectivity index is 1.99. The first kappa shape index (κ1) is 25.2. The molecule has 4 aromatic rings. The van der Waals surface area contributed by atoms with Crippen molar-refractivity contribution in [2.45, 2.75) is 26.3 Å². The number of aromatic nitrogens is 5. The van der Waals surface area contributed by atoms with E-state index in [0.29, 0.717) is 27.5 Å². The van der Waals surface area contributed by atoms with Crippen LogP contribution in [0.5, 0.6) is 5.75 Å². The van der Waals surface area contributed by atoms with Gasteiger partial charge in [0.2, 0.25) is 0 Å². The third-order valence-electron chi connectivity index (χ3n) is 5.91. The van der Waals surface area contributed by atoms with Crippen molar-refractivity contribution in [3.8, 4) is 16.9 Å². The molecule has 0 saturated carbocycles. The largest absolute Gasteiger partial charge is 0.495 e. The molecule has 0 aliphatic rings. The number of nitrogen functional groups attached to an aromatic ring is 1. The second-order valence-corrected chi connectivity index (χ2v) is 8.81. The summed E-state index contributed by atoms with van der Waals surface area (Å²) < 4.78 is 34.5. The number of nitrogens with zero attached hydrogens (tertiary/aromatic N) is 6. The fraction of sp³-hybridized carbons (Fsp3) is 0.292. The lowest BCUT2D eigenvalue weighted by Gasteiger charge is -2.21. The lowest BCUT2D eigenvalue weighted by Crippen LogP contribution is -2.26. The molecule has 188 valence electrons. The van der Waals surface area contributed by atoms with E-state index in [1.165, 1.54) is 23.0 Å². The number of halogens is 3. The summed E-state index contributed by atoms with van der Waals surface area (Å²) in [7, 11) is 4.71. The number of fused-ring (bicyclic) bond motifs is 1. The zero-order chi connectivity index (χ0) is 26.3. The Hall–Kier alpha value is -3.86. The van der Waals surface area contributed by atoms with Crippen LogP contribution in [0.2, 0.25) is 5.02 Å². The monoisotopic (exact) mass is 515 g/mol. The van der Waals surface area contributed by atoms with Gasteiger partial charge in [-0.05, 0) is 31.5 Å². The van der Waals surface area contributed by atoms with Gasteiger partial charge in [0.15, 0.2) is 5.65 Å². The first-order chi connectivity index (χ1) is 17.1. The number of methoxy groups -OCH3 is 1. The van der Waals surface area contributed by atoms with Crippen molar-refractivity contribution >= 4 is 34.4 Å². The molecule has 36 heavy (non-hydrogen) atoms. The maximum absolute atomic E-state index is 13.8. The minimum absolute atomic E-state index is 0.0312. The third-order valence-corrected chi connectivity index (χ3v) is 6.20. The van der Waals surface area contributed by atoms with Gasteiger partial charge < -0.3 is 15.4 Å². The number of nitrogens with two attached hydrogens (primary N) is 1. The van der Waals surface area contributed by atoms with Crippen molar-refractivity contribution in [2.24, 2.45) is 0 Å². The van der Waals surface area contributed by atoms with Crippen LogP contribution in [0.1, 0.15) is 46.7 Å². The minimum Gasteiger partial charge on any atom is -0.495 e. The number of benzene rings is 1. The van der Waals surface area contributed by atoms with E-state index in [-0.39, 0.29) is 28.5 Å². The zero-order valence-electron chi connectivity index (χ0n) is 20.3. The van der Waals surface area contributed by atoms with Gasteiger partial charge in [-0.2, -0.15) is 5.10 Å². The quantitative estimate of drug-likeness (QED) is 0.396. The number of rotatable bonds is 6. The molecule has 12 heteroatoms. The molecule has 0 radical (unpaired) electrons. The number of carbonyl (C=O) groups excluding carboxylic acids is 1. The predicted octanol–water partition coefficient (Wildman–Crippen LogP) is 4.69. The second kappa shape index (κ2) is 9.65. The molecular weight excluding hydrogens is 492 g/mol. The highest BCUT2D eigenvalue weighted by Gasteiger charge is 2.28. The normalized spacial score (nSPS) is 12.2. The van der Waals surface area contributed by atoms with Gasteiger partial charge in [0.05, 0.1) is 23.6 Å². The summed E-state index contributed by atoms with van der Waals surface area (Å²) >= 11 is 6.37. The molecule has 3 heterocycles. The van der Waals surface area contributed by atoms with Crippen molar-refractivity contribution in [2.75, 3.05) is 26.9 Å². The number of pyridine rings is 1. The van der Waals surface area contributed by atoms with E-state index >= 15 is 0 Å². The summed E-state index contributed by atoms with van der Waals surface area (Å²) in [6.07, 6.45) is -0.168. The van der Waals surface area contributed by atoms with Crippen molar-refractivity contribution in [1.29, 1.82) is 0 Å². The van der Waals surface area contributed by atoms with E-state index in [1.807, 2.05) is 13.0 Å². The molecule has 4 rings (SSSR count). The Morgan fingerprint density at radius 2 is 1.94 bits per heavy atom. The van der Waals surface area contributed by atoms with E-state index < -0.39 is 18.2 Å². The topological polar surface area (TPSA) is 112 Å². The van der Waals surface area contributed by atoms with Crippen LogP contribution >= 0.6 is 11.6 Å².